The van der Waals surface area contributed by atoms with Crippen molar-refractivity contribution in [3.63, 3.8) is 0 Å². The lowest BCUT2D eigenvalue weighted by Gasteiger charge is -2.08. The van der Waals surface area contributed by atoms with Gasteiger partial charge >= 0.3 is 0 Å². The molecule has 0 saturated heterocycles. The van der Waals surface area contributed by atoms with Crippen LogP contribution >= 0.6 is 0 Å². The molecule has 0 N–H and O–H groups in total. The molecule has 2 aromatic rings. The van der Waals surface area contributed by atoms with Crippen LogP contribution in [0.25, 0.3) is 0 Å². The van der Waals surface area contributed by atoms with Crippen molar-refractivity contribution in [1.29, 1.82) is 0 Å². The van der Waals surface area contributed by atoms with Crippen molar-refractivity contribution >= 4 is 0 Å². The van der Waals surface area contributed by atoms with Gasteiger partial charge in [0.2, 0.25) is 0 Å². The Morgan fingerprint density at radius 1 is 0.727 bits per heavy atom. The van der Waals surface area contributed by atoms with Gasteiger partial charge in [-0.1, -0.05) is 49.6 Å². The van der Waals surface area contributed by atoms with Crippen LogP contribution in [0.1, 0.15) is 11.1 Å². The van der Waals surface area contributed by atoms with Crippen LogP contribution in [0.2, 0.25) is 0 Å². The summed E-state index contributed by atoms with van der Waals surface area (Å²) in [5, 5.41) is 0. The molecule has 0 aliphatic rings. The average Bonchev–Trinajstić information content (AvgIpc) is 2.57. The van der Waals surface area contributed by atoms with Gasteiger partial charge in [-0.15, -0.1) is 0 Å². The average molecular weight is 294 g/mol. The zero-order valence-corrected chi connectivity index (χ0v) is 12.8. The van der Waals surface area contributed by atoms with E-state index in [1.165, 1.54) is 11.1 Å². The van der Waals surface area contributed by atoms with E-state index in [4.69, 9.17) is 9.47 Å². The molecule has 2 nitrogen and oxygen atoms in total. The number of hydrogen-bond acceptors (Lipinski definition) is 2. The van der Waals surface area contributed by atoms with Crippen molar-refractivity contribution in [2.45, 2.75) is 12.8 Å². The lowest BCUT2D eigenvalue weighted by atomic mass is 10.0. The minimum atomic E-state index is 0.534. The largest absolute Gasteiger partial charge is 0.490 e. The Morgan fingerprint density at radius 3 is 1.59 bits per heavy atom. The van der Waals surface area contributed by atoms with Gasteiger partial charge in [0.05, 0.1) is 0 Å². The Bertz CT molecular complexity index is 561. The maximum Gasteiger partial charge on any atom is 0.120 e. The normalized spacial score (nSPS) is 10.0. The summed E-state index contributed by atoms with van der Waals surface area (Å²) in [5.41, 5.74) is 2.53. The molecule has 0 aromatic heterocycles. The van der Waals surface area contributed by atoms with Crippen LogP contribution in [0.15, 0.2) is 73.8 Å². The van der Waals surface area contributed by atoms with Gasteiger partial charge in [0.15, 0.2) is 0 Å². The maximum absolute atomic E-state index is 5.56. The highest BCUT2D eigenvalue weighted by atomic mass is 16.5. The van der Waals surface area contributed by atoms with E-state index >= 15 is 0 Å². The Hall–Kier alpha value is -2.48. The van der Waals surface area contributed by atoms with Crippen molar-refractivity contribution in [3.8, 4) is 11.5 Å². The fourth-order valence-electron chi connectivity index (χ4n) is 2.18. The van der Waals surface area contributed by atoms with Crippen LogP contribution in [0.4, 0.5) is 0 Å². The summed E-state index contributed by atoms with van der Waals surface area (Å²) < 4.78 is 11.1. The van der Waals surface area contributed by atoms with Crippen LogP contribution < -0.4 is 9.47 Å². The van der Waals surface area contributed by atoms with E-state index in [1.54, 1.807) is 12.2 Å². The summed E-state index contributed by atoms with van der Waals surface area (Å²) in [6.07, 6.45) is 5.44. The van der Waals surface area contributed by atoms with Crippen LogP contribution in [0, 0.1) is 0 Å². The standard InChI is InChI=1S/C20H22O2/c1-3-13-21-19-9-5-7-17(15-19)11-12-18-8-6-10-20(16-18)22-14-4-2/h3-10,15-16H,1-2,11-14H2. The van der Waals surface area contributed by atoms with Gasteiger partial charge in [-0.25, -0.2) is 0 Å². The molecule has 2 rings (SSSR count). The van der Waals surface area contributed by atoms with Crippen LogP contribution in [0.3, 0.4) is 0 Å². The highest BCUT2D eigenvalue weighted by Gasteiger charge is 2.00. The van der Waals surface area contributed by atoms with E-state index < -0.39 is 0 Å². The predicted octanol–water partition coefficient (Wildman–Crippen LogP) is 4.60. The van der Waals surface area contributed by atoms with E-state index in [9.17, 15) is 0 Å². The molecule has 0 aliphatic carbocycles. The first kappa shape index (κ1) is 15.9. The van der Waals surface area contributed by atoms with Crippen molar-refractivity contribution in [1.82, 2.24) is 0 Å². The molecule has 0 fully saturated rings. The third-order valence-electron chi connectivity index (χ3n) is 3.23. The molecule has 0 saturated carbocycles. The van der Waals surface area contributed by atoms with Crippen molar-refractivity contribution < 1.29 is 9.47 Å². The molecule has 0 amide bonds. The first-order valence-corrected chi connectivity index (χ1v) is 7.47. The minimum absolute atomic E-state index is 0.534. The third kappa shape index (κ3) is 5.13. The van der Waals surface area contributed by atoms with Crippen LogP contribution in [-0.2, 0) is 12.8 Å². The van der Waals surface area contributed by atoms with Gasteiger partial charge in [0, 0.05) is 0 Å². The van der Waals surface area contributed by atoms with Gasteiger partial charge in [-0.05, 0) is 48.2 Å². The second-order valence-electron chi connectivity index (χ2n) is 4.99. The second-order valence-corrected chi connectivity index (χ2v) is 4.99. The lowest BCUT2D eigenvalue weighted by molar-refractivity contribution is 0.362. The SMILES string of the molecule is C=CCOc1cccc(CCc2cccc(OCC=C)c2)c1. The molecule has 0 unspecified atom stereocenters. The number of ether oxygens (including phenoxy) is 2. The Morgan fingerprint density at radius 2 is 1.18 bits per heavy atom. The molecule has 22 heavy (non-hydrogen) atoms. The number of rotatable bonds is 9. The second kappa shape index (κ2) is 8.73. The Balaban J connectivity index is 1.94. The highest BCUT2D eigenvalue weighted by Crippen LogP contribution is 2.18. The fourth-order valence-corrected chi connectivity index (χ4v) is 2.18. The zero-order chi connectivity index (χ0) is 15.6. The lowest BCUT2D eigenvalue weighted by Crippen LogP contribution is -1.97. The molecule has 114 valence electrons. The minimum Gasteiger partial charge on any atom is -0.490 e. The van der Waals surface area contributed by atoms with Crippen molar-refractivity contribution in [2.75, 3.05) is 13.2 Å². The summed E-state index contributed by atoms with van der Waals surface area (Å²) >= 11 is 0. The van der Waals surface area contributed by atoms with E-state index in [0.29, 0.717) is 13.2 Å². The summed E-state index contributed by atoms with van der Waals surface area (Å²) in [6.45, 7) is 8.39. The van der Waals surface area contributed by atoms with Crippen LogP contribution in [-0.4, -0.2) is 13.2 Å². The van der Waals surface area contributed by atoms with Crippen molar-refractivity contribution in [2.24, 2.45) is 0 Å². The quantitative estimate of drug-likeness (QED) is 0.629. The fraction of sp³-hybridized carbons (Fsp3) is 0.200. The monoisotopic (exact) mass is 294 g/mol. The van der Waals surface area contributed by atoms with Gasteiger partial charge in [0.25, 0.3) is 0 Å². The molecule has 0 spiro atoms. The summed E-state index contributed by atoms with van der Waals surface area (Å²) in [7, 11) is 0. The number of benzene rings is 2. The van der Waals surface area contributed by atoms with E-state index in [0.717, 1.165) is 24.3 Å². The van der Waals surface area contributed by atoms with E-state index in [2.05, 4.69) is 37.4 Å². The predicted molar refractivity (Wildman–Crippen MR) is 91.7 cm³/mol. The first-order valence-electron chi connectivity index (χ1n) is 7.47. The number of hydrogen-bond donors (Lipinski definition) is 0. The van der Waals surface area contributed by atoms with E-state index in [-0.39, 0.29) is 0 Å². The highest BCUT2D eigenvalue weighted by molar-refractivity contribution is 5.32. The Kier molecular flexibility index (Phi) is 6.31. The zero-order valence-electron chi connectivity index (χ0n) is 12.8. The molecule has 0 radical (unpaired) electrons. The van der Waals surface area contributed by atoms with E-state index in [1.807, 2.05) is 24.3 Å². The molecule has 0 atom stereocenters. The summed E-state index contributed by atoms with van der Waals surface area (Å²) in [5.74, 6) is 1.78. The maximum atomic E-state index is 5.56. The Labute approximate surface area is 132 Å². The molecular formula is C20H22O2. The first-order chi connectivity index (χ1) is 10.8. The molecule has 0 bridgehead atoms. The molecule has 2 aromatic carbocycles. The molecule has 0 heterocycles. The summed E-state index contributed by atoms with van der Waals surface area (Å²) in [6, 6.07) is 16.4. The van der Waals surface area contributed by atoms with Gasteiger partial charge in [-0.3, -0.25) is 0 Å². The smallest absolute Gasteiger partial charge is 0.120 e. The molecular weight excluding hydrogens is 272 g/mol. The van der Waals surface area contributed by atoms with Gasteiger partial charge in [0.1, 0.15) is 24.7 Å². The van der Waals surface area contributed by atoms with Gasteiger partial charge in [-0.2, -0.15) is 0 Å². The molecule has 0 aliphatic heterocycles. The van der Waals surface area contributed by atoms with Crippen LogP contribution in [0.5, 0.6) is 11.5 Å². The van der Waals surface area contributed by atoms with Gasteiger partial charge < -0.3 is 9.47 Å². The summed E-state index contributed by atoms with van der Waals surface area (Å²) in [4.78, 5) is 0. The topological polar surface area (TPSA) is 18.5 Å². The third-order valence-corrected chi connectivity index (χ3v) is 3.23. The number of aryl methyl sites for hydroxylation is 2. The molecule has 2 heteroatoms. The van der Waals surface area contributed by atoms with Crippen molar-refractivity contribution in [3.05, 3.63) is 85.0 Å².